The van der Waals surface area contributed by atoms with E-state index in [9.17, 15) is 9.59 Å². The Hall–Kier alpha value is -2.69. The lowest BCUT2D eigenvalue weighted by Gasteiger charge is -2.18. The molecule has 1 aromatic heterocycles. The Morgan fingerprint density at radius 1 is 1.25 bits per heavy atom. The van der Waals surface area contributed by atoms with Crippen LogP contribution in [-0.4, -0.2) is 28.2 Å². The van der Waals surface area contributed by atoms with Gasteiger partial charge in [-0.25, -0.2) is 0 Å². The fourth-order valence-electron chi connectivity index (χ4n) is 2.94. The summed E-state index contributed by atoms with van der Waals surface area (Å²) in [7, 11) is 0. The minimum Gasteiger partial charge on any atom is -0.348 e. The molecule has 2 unspecified atom stereocenters. The first-order chi connectivity index (χ1) is 11.6. The molecule has 1 saturated heterocycles. The second-order valence-electron chi connectivity index (χ2n) is 6.15. The Kier molecular flexibility index (Phi) is 4.89. The molecule has 0 saturated carbocycles. The van der Waals surface area contributed by atoms with Crippen LogP contribution in [0, 0.1) is 5.92 Å². The van der Waals surface area contributed by atoms with Gasteiger partial charge in [0, 0.05) is 25.7 Å². The molecule has 1 fully saturated rings. The third kappa shape index (κ3) is 3.79. The Bertz CT molecular complexity index is 703. The molecule has 5 heteroatoms. The average Bonchev–Trinajstić information content (AvgIpc) is 2.97. The summed E-state index contributed by atoms with van der Waals surface area (Å²) >= 11 is 0. The maximum Gasteiger partial charge on any atom is 0.225 e. The molecule has 3 rings (SSSR count). The van der Waals surface area contributed by atoms with Gasteiger partial charge in [-0.05, 0) is 24.6 Å². The van der Waals surface area contributed by atoms with Gasteiger partial charge in [-0.1, -0.05) is 36.4 Å². The van der Waals surface area contributed by atoms with Crippen molar-refractivity contribution < 1.29 is 9.59 Å². The molecule has 0 bridgehead atoms. The number of hydrogen-bond donors (Lipinski definition) is 1. The summed E-state index contributed by atoms with van der Waals surface area (Å²) in [5, 5.41) is 2.96. The predicted octanol–water partition coefficient (Wildman–Crippen LogP) is 2.31. The van der Waals surface area contributed by atoms with Crippen molar-refractivity contribution in [1.29, 1.82) is 0 Å². The van der Waals surface area contributed by atoms with Crippen LogP contribution in [0.1, 0.15) is 30.6 Å². The molecule has 2 amide bonds. The smallest absolute Gasteiger partial charge is 0.225 e. The summed E-state index contributed by atoms with van der Waals surface area (Å²) in [4.78, 5) is 30.6. The lowest BCUT2D eigenvalue weighted by molar-refractivity contribution is -0.129. The van der Waals surface area contributed by atoms with E-state index in [2.05, 4.69) is 10.3 Å². The van der Waals surface area contributed by atoms with Gasteiger partial charge in [-0.2, -0.15) is 0 Å². The van der Waals surface area contributed by atoms with Gasteiger partial charge in [0.1, 0.15) is 0 Å². The fourth-order valence-corrected chi connectivity index (χ4v) is 2.94. The van der Waals surface area contributed by atoms with Crippen molar-refractivity contribution in [1.82, 2.24) is 15.2 Å². The zero-order valence-corrected chi connectivity index (χ0v) is 13.7. The number of rotatable bonds is 5. The van der Waals surface area contributed by atoms with Crippen molar-refractivity contribution in [2.45, 2.75) is 25.9 Å². The molecule has 5 nitrogen and oxygen atoms in total. The third-order valence-electron chi connectivity index (χ3n) is 4.29. The van der Waals surface area contributed by atoms with E-state index in [1.165, 1.54) is 0 Å². The molecule has 124 valence electrons. The van der Waals surface area contributed by atoms with E-state index in [4.69, 9.17) is 0 Å². The first-order valence-electron chi connectivity index (χ1n) is 8.16. The minimum absolute atomic E-state index is 0.0319. The zero-order valence-electron chi connectivity index (χ0n) is 13.7. The molecule has 2 heterocycles. The number of nitrogens with zero attached hydrogens (tertiary/aromatic N) is 2. The Labute approximate surface area is 141 Å². The van der Waals surface area contributed by atoms with Crippen LogP contribution in [0.2, 0.25) is 0 Å². The second-order valence-corrected chi connectivity index (χ2v) is 6.15. The Morgan fingerprint density at radius 2 is 2.00 bits per heavy atom. The van der Waals surface area contributed by atoms with Crippen LogP contribution >= 0.6 is 0 Å². The van der Waals surface area contributed by atoms with Crippen LogP contribution in [0.4, 0.5) is 0 Å². The molecule has 1 N–H and O–H groups in total. The summed E-state index contributed by atoms with van der Waals surface area (Å²) in [6.07, 6.45) is 1.98. The van der Waals surface area contributed by atoms with Gasteiger partial charge in [-0.3, -0.25) is 14.6 Å². The molecule has 1 aliphatic rings. The normalized spacial score (nSPS) is 18.5. The van der Waals surface area contributed by atoms with Crippen LogP contribution in [0.3, 0.4) is 0 Å². The molecular weight excluding hydrogens is 302 g/mol. The number of carbonyl (C=O) groups is 2. The maximum atomic E-state index is 12.5. The molecule has 1 aliphatic heterocycles. The largest absolute Gasteiger partial charge is 0.348 e. The van der Waals surface area contributed by atoms with Crippen molar-refractivity contribution in [2.24, 2.45) is 5.92 Å². The Morgan fingerprint density at radius 3 is 2.71 bits per heavy atom. The van der Waals surface area contributed by atoms with Gasteiger partial charge in [0.15, 0.2) is 0 Å². The summed E-state index contributed by atoms with van der Waals surface area (Å²) in [6, 6.07) is 15.3. The number of benzene rings is 1. The summed E-state index contributed by atoms with van der Waals surface area (Å²) < 4.78 is 0. The Balaban J connectivity index is 1.58. The molecule has 0 aliphatic carbocycles. The third-order valence-corrected chi connectivity index (χ3v) is 4.29. The fraction of sp³-hybridized carbons (Fsp3) is 0.316. The first kappa shape index (κ1) is 16.2. The highest BCUT2D eigenvalue weighted by Gasteiger charge is 2.34. The van der Waals surface area contributed by atoms with Crippen LogP contribution in [-0.2, 0) is 16.1 Å². The monoisotopic (exact) mass is 323 g/mol. The number of carbonyl (C=O) groups excluding carboxylic acids is 2. The van der Waals surface area contributed by atoms with E-state index >= 15 is 0 Å². The lowest BCUT2D eigenvalue weighted by atomic mass is 10.1. The van der Waals surface area contributed by atoms with Crippen molar-refractivity contribution in [3.05, 3.63) is 66.0 Å². The number of hydrogen-bond acceptors (Lipinski definition) is 3. The van der Waals surface area contributed by atoms with E-state index < -0.39 is 0 Å². The lowest BCUT2D eigenvalue weighted by Crippen LogP contribution is -2.34. The number of nitrogens with one attached hydrogen (secondary N) is 1. The van der Waals surface area contributed by atoms with Crippen molar-refractivity contribution >= 4 is 11.8 Å². The van der Waals surface area contributed by atoms with Crippen LogP contribution < -0.4 is 5.32 Å². The van der Waals surface area contributed by atoms with Gasteiger partial charge in [-0.15, -0.1) is 0 Å². The predicted molar refractivity (Wildman–Crippen MR) is 90.8 cm³/mol. The van der Waals surface area contributed by atoms with Crippen molar-refractivity contribution in [3.8, 4) is 0 Å². The highest BCUT2D eigenvalue weighted by molar-refractivity contribution is 5.89. The van der Waals surface area contributed by atoms with E-state index in [0.717, 1.165) is 11.3 Å². The van der Waals surface area contributed by atoms with Crippen LogP contribution in [0.25, 0.3) is 0 Å². The molecule has 0 spiro atoms. The van der Waals surface area contributed by atoms with E-state index in [1.54, 1.807) is 11.1 Å². The number of aromatic nitrogens is 1. The van der Waals surface area contributed by atoms with Gasteiger partial charge >= 0.3 is 0 Å². The quantitative estimate of drug-likeness (QED) is 0.918. The highest BCUT2D eigenvalue weighted by atomic mass is 16.2. The molecule has 0 radical (unpaired) electrons. The van der Waals surface area contributed by atoms with Gasteiger partial charge < -0.3 is 10.2 Å². The number of pyridine rings is 1. The summed E-state index contributed by atoms with van der Waals surface area (Å²) in [5.41, 5.74) is 1.89. The van der Waals surface area contributed by atoms with E-state index in [1.807, 2.05) is 55.5 Å². The summed E-state index contributed by atoms with van der Waals surface area (Å²) in [5.74, 6) is -0.353. The second kappa shape index (κ2) is 7.25. The first-order valence-corrected chi connectivity index (χ1v) is 8.16. The average molecular weight is 323 g/mol. The van der Waals surface area contributed by atoms with Gasteiger partial charge in [0.25, 0.3) is 0 Å². The molecule has 2 aromatic rings. The topological polar surface area (TPSA) is 62.3 Å². The van der Waals surface area contributed by atoms with E-state index in [-0.39, 0.29) is 30.2 Å². The molecular formula is C19H21N3O2. The van der Waals surface area contributed by atoms with Crippen LogP contribution in [0.15, 0.2) is 54.7 Å². The zero-order chi connectivity index (χ0) is 16.9. The van der Waals surface area contributed by atoms with Crippen molar-refractivity contribution in [3.63, 3.8) is 0 Å². The maximum absolute atomic E-state index is 12.5. The highest BCUT2D eigenvalue weighted by Crippen LogP contribution is 2.21. The minimum atomic E-state index is -0.299. The number of amides is 2. The SMILES string of the molecule is CC(NC(=O)C1CC(=O)N(Cc2ccccc2)C1)c1ccccn1. The molecule has 24 heavy (non-hydrogen) atoms. The van der Waals surface area contributed by atoms with Gasteiger partial charge in [0.05, 0.1) is 17.7 Å². The van der Waals surface area contributed by atoms with E-state index in [0.29, 0.717) is 13.1 Å². The molecule has 2 atom stereocenters. The summed E-state index contributed by atoms with van der Waals surface area (Å²) in [6.45, 7) is 2.92. The van der Waals surface area contributed by atoms with Gasteiger partial charge in [0.2, 0.25) is 11.8 Å². The molecule has 1 aromatic carbocycles. The van der Waals surface area contributed by atoms with Crippen molar-refractivity contribution in [2.75, 3.05) is 6.54 Å². The number of likely N-dealkylation sites (tertiary alicyclic amines) is 1. The standard InChI is InChI=1S/C19H21N3O2/c1-14(17-9-5-6-10-20-17)21-19(24)16-11-18(23)22(13-16)12-15-7-3-2-4-8-15/h2-10,14,16H,11-13H2,1H3,(H,21,24). The van der Waals surface area contributed by atoms with Crippen LogP contribution in [0.5, 0.6) is 0 Å².